The number of rotatable bonds is 9. The highest BCUT2D eigenvalue weighted by molar-refractivity contribution is 7.80. The Morgan fingerprint density at radius 1 is 0.913 bits per heavy atom. The van der Waals surface area contributed by atoms with E-state index in [4.69, 9.17) is 10.5 Å². The SMILES string of the molecule is Cl.N[C@H](CS)CCCCOc1ccc(Cc2ccccc2)cc1. The molecule has 0 bridgehead atoms. The Morgan fingerprint density at radius 3 is 2.22 bits per heavy atom. The maximum Gasteiger partial charge on any atom is 0.119 e. The van der Waals surface area contributed by atoms with Crippen LogP contribution in [0.5, 0.6) is 5.75 Å². The maximum absolute atomic E-state index is 5.83. The van der Waals surface area contributed by atoms with Gasteiger partial charge in [0.2, 0.25) is 0 Å². The molecule has 2 aromatic carbocycles. The summed E-state index contributed by atoms with van der Waals surface area (Å²) in [5.41, 5.74) is 8.46. The first kappa shape index (κ1) is 19.9. The zero-order valence-corrected chi connectivity index (χ0v) is 15.1. The molecule has 0 radical (unpaired) electrons. The van der Waals surface area contributed by atoms with Crippen LogP contribution in [0.1, 0.15) is 30.4 Å². The van der Waals surface area contributed by atoms with Gasteiger partial charge in [0.15, 0.2) is 0 Å². The van der Waals surface area contributed by atoms with Gasteiger partial charge in [-0.3, -0.25) is 0 Å². The van der Waals surface area contributed by atoms with Crippen LogP contribution in [0.25, 0.3) is 0 Å². The van der Waals surface area contributed by atoms with Gasteiger partial charge in [-0.05, 0) is 48.9 Å². The number of hydrogen-bond acceptors (Lipinski definition) is 3. The Labute approximate surface area is 151 Å². The molecule has 126 valence electrons. The molecule has 2 aromatic rings. The second kappa shape index (κ2) is 11.4. The fraction of sp³-hybridized carbons (Fsp3) is 0.368. The average Bonchev–Trinajstić information content (AvgIpc) is 2.57. The third kappa shape index (κ3) is 7.78. The summed E-state index contributed by atoms with van der Waals surface area (Å²) in [6.07, 6.45) is 4.10. The minimum absolute atomic E-state index is 0. The first-order chi connectivity index (χ1) is 10.8. The molecule has 0 fully saturated rings. The van der Waals surface area contributed by atoms with E-state index in [1.54, 1.807) is 0 Å². The Morgan fingerprint density at radius 2 is 1.57 bits per heavy atom. The van der Waals surface area contributed by atoms with Crippen LogP contribution in [0.3, 0.4) is 0 Å². The first-order valence-electron chi connectivity index (χ1n) is 7.90. The molecule has 0 aromatic heterocycles. The predicted octanol–water partition coefficient (Wildman–Crippen LogP) is 4.51. The van der Waals surface area contributed by atoms with Gasteiger partial charge >= 0.3 is 0 Å². The lowest BCUT2D eigenvalue weighted by atomic mass is 10.1. The highest BCUT2D eigenvalue weighted by Gasteiger charge is 2.00. The molecule has 2 nitrogen and oxygen atoms in total. The van der Waals surface area contributed by atoms with Gasteiger partial charge in [-0.25, -0.2) is 0 Å². The van der Waals surface area contributed by atoms with Crippen LogP contribution in [-0.4, -0.2) is 18.4 Å². The fourth-order valence-electron chi connectivity index (χ4n) is 2.32. The maximum atomic E-state index is 5.83. The summed E-state index contributed by atoms with van der Waals surface area (Å²) in [7, 11) is 0. The number of unbranched alkanes of at least 4 members (excludes halogenated alkanes) is 1. The number of thiol groups is 1. The molecule has 23 heavy (non-hydrogen) atoms. The molecular weight excluding hydrogens is 326 g/mol. The molecule has 0 aliphatic rings. The first-order valence-corrected chi connectivity index (χ1v) is 8.53. The van der Waals surface area contributed by atoms with Gasteiger partial charge in [-0.15, -0.1) is 12.4 Å². The Balaban J connectivity index is 0.00000264. The van der Waals surface area contributed by atoms with Gasteiger partial charge in [0, 0.05) is 11.8 Å². The minimum Gasteiger partial charge on any atom is -0.494 e. The van der Waals surface area contributed by atoms with Crippen LogP contribution in [0, 0.1) is 0 Å². The Hall–Kier alpha value is -1.16. The van der Waals surface area contributed by atoms with Gasteiger partial charge < -0.3 is 10.5 Å². The lowest BCUT2D eigenvalue weighted by Gasteiger charge is -2.09. The molecule has 0 unspecified atom stereocenters. The Bertz CT molecular complexity index is 533. The smallest absolute Gasteiger partial charge is 0.119 e. The fourth-order valence-corrected chi connectivity index (χ4v) is 2.51. The van der Waals surface area contributed by atoms with Crippen molar-refractivity contribution in [1.82, 2.24) is 0 Å². The number of ether oxygens (including phenoxy) is 1. The molecular formula is C19H26ClNOS. The molecule has 2 N–H and O–H groups in total. The third-order valence-electron chi connectivity index (χ3n) is 3.65. The van der Waals surface area contributed by atoms with E-state index in [0.717, 1.165) is 43.8 Å². The Kier molecular flexibility index (Phi) is 9.85. The van der Waals surface area contributed by atoms with Crippen LogP contribution in [0.15, 0.2) is 54.6 Å². The summed E-state index contributed by atoms with van der Waals surface area (Å²) in [6, 6.07) is 19.1. The molecule has 0 spiro atoms. The van der Waals surface area contributed by atoms with Crippen LogP contribution >= 0.6 is 25.0 Å². The topological polar surface area (TPSA) is 35.2 Å². The van der Waals surface area contributed by atoms with Crippen molar-refractivity contribution in [3.63, 3.8) is 0 Å². The molecule has 0 saturated carbocycles. The van der Waals surface area contributed by atoms with Gasteiger partial charge in [0.25, 0.3) is 0 Å². The molecule has 2 rings (SSSR count). The zero-order valence-electron chi connectivity index (χ0n) is 13.4. The molecule has 0 aliphatic heterocycles. The number of benzene rings is 2. The summed E-state index contributed by atoms with van der Waals surface area (Å²) < 4.78 is 5.77. The average molecular weight is 352 g/mol. The van der Waals surface area contributed by atoms with E-state index < -0.39 is 0 Å². The van der Waals surface area contributed by atoms with E-state index in [-0.39, 0.29) is 18.4 Å². The minimum atomic E-state index is 0. The van der Waals surface area contributed by atoms with Gasteiger partial charge in [-0.2, -0.15) is 12.6 Å². The van der Waals surface area contributed by atoms with E-state index in [0.29, 0.717) is 0 Å². The largest absolute Gasteiger partial charge is 0.494 e. The lowest BCUT2D eigenvalue weighted by Crippen LogP contribution is -2.21. The molecule has 0 heterocycles. The third-order valence-corrected chi connectivity index (χ3v) is 4.12. The van der Waals surface area contributed by atoms with Gasteiger partial charge in [-0.1, -0.05) is 42.5 Å². The van der Waals surface area contributed by atoms with Gasteiger partial charge in [0.05, 0.1) is 6.61 Å². The summed E-state index contributed by atoms with van der Waals surface area (Å²) >= 11 is 4.19. The van der Waals surface area contributed by atoms with Crippen molar-refractivity contribution in [1.29, 1.82) is 0 Å². The molecule has 1 atom stereocenters. The normalized spacial score (nSPS) is 11.6. The molecule has 4 heteroatoms. The molecule has 0 saturated heterocycles. The van der Waals surface area contributed by atoms with Crippen LogP contribution < -0.4 is 10.5 Å². The summed E-state index contributed by atoms with van der Waals surface area (Å²) in [6.45, 7) is 0.747. The van der Waals surface area contributed by atoms with Crippen molar-refractivity contribution < 1.29 is 4.74 Å². The van der Waals surface area contributed by atoms with Crippen molar-refractivity contribution in [2.45, 2.75) is 31.7 Å². The van der Waals surface area contributed by atoms with E-state index >= 15 is 0 Å². The summed E-state index contributed by atoms with van der Waals surface area (Å²) in [5, 5.41) is 0. The lowest BCUT2D eigenvalue weighted by molar-refractivity contribution is 0.304. The summed E-state index contributed by atoms with van der Waals surface area (Å²) in [4.78, 5) is 0. The van der Waals surface area contributed by atoms with Crippen molar-refractivity contribution in [3.05, 3.63) is 65.7 Å². The standard InChI is InChI=1S/C19H25NOS.ClH/c20-18(15-22)8-4-5-13-21-19-11-9-17(10-12-19)14-16-6-2-1-3-7-16;/h1-3,6-7,9-12,18,22H,4-5,8,13-15,20H2;1H/t18-;/m0./s1. The molecule has 0 aliphatic carbocycles. The van der Waals surface area contributed by atoms with Crippen LogP contribution in [0.2, 0.25) is 0 Å². The van der Waals surface area contributed by atoms with Crippen molar-refractivity contribution >= 4 is 25.0 Å². The van der Waals surface area contributed by atoms with Crippen molar-refractivity contribution in [2.75, 3.05) is 12.4 Å². The highest BCUT2D eigenvalue weighted by Crippen LogP contribution is 2.15. The van der Waals surface area contributed by atoms with Crippen molar-refractivity contribution in [2.24, 2.45) is 5.73 Å². The van der Waals surface area contributed by atoms with E-state index in [9.17, 15) is 0 Å². The monoisotopic (exact) mass is 351 g/mol. The van der Waals surface area contributed by atoms with E-state index in [2.05, 4.69) is 61.2 Å². The molecule has 0 amide bonds. The van der Waals surface area contributed by atoms with Crippen LogP contribution in [-0.2, 0) is 6.42 Å². The zero-order chi connectivity index (χ0) is 15.6. The highest BCUT2D eigenvalue weighted by atomic mass is 35.5. The van der Waals surface area contributed by atoms with Crippen LogP contribution in [0.4, 0.5) is 0 Å². The van der Waals surface area contributed by atoms with Crippen molar-refractivity contribution in [3.8, 4) is 5.75 Å². The number of halogens is 1. The van der Waals surface area contributed by atoms with E-state index in [1.807, 2.05) is 6.07 Å². The summed E-state index contributed by atoms with van der Waals surface area (Å²) in [5.74, 6) is 1.69. The second-order valence-electron chi connectivity index (χ2n) is 5.59. The number of hydrogen-bond donors (Lipinski definition) is 2. The van der Waals surface area contributed by atoms with Gasteiger partial charge in [0.1, 0.15) is 5.75 Å². The number of nitrogens with two attached hydrogens (primary N) is 1. The van der Waals surface area contributed by atoms with E-state index in [1.165, 1.54) is 11.1 Å². The quantitative estimate of drug-likeness (QED) is 0.515. The second-order valence-corrected chi connectivity index (χ2v) is 5.96. The predicted molar refractivity (Wildman–Crippen MR) is 104 cm³/mol.